The lowest BCUT2D eigenvalue weighted by molar-refractivity contribution is 0.535. The molecule has 0 aliphatic heterocycles. The third-order valence-electron chi connectivity index (χ3n) is 2.68. The molecule has 1 aromatic heterocycles. The topological polar surface area (TPSA) is 50.9 Å². The molecular weight excluding hydrogens is 333 g/mol. The summed E-state index contributed by atoms with van der Waals surface area (Å²) in [6.07, 6.45) is 2.14. The zero-order valence-corrected chi connectivity index (χ0v) is 12.2. The van der Waals surface area contributed by atoms with Crippen LogP contribution in [-0.4, -0.2) is 4.98 Å². The van der Waals surface area contributed by atoms with Crippen molar-refractivity contribution in [1.29, 1.82) is 0 Å². The SMILES string of the molecule is NNC(Cc1cc(F)cc(Br)c1)c1ncccc1Cl. The second kappa shape index (κ2) is 6.43. The van der Waals surface area contributed by atoms with E-state index in [2.05, 4.69) is 26.3 Å². The van der Waals surface area contributed by atoms with Gasteiger partial charge in [0.05, 0.1) is 16.8 Å². The molecule has 0 spiro atoms. The highest BCUT2D eigenvalue weighted by Crippen LogP contribution is 2.24. The summed E-state index contributed by atoms with van der Waals surface area (Å²) in [5.41, 5.74) is 4.11. The molecular formula is C13H12BrClFN3. The van der Waals surface area contributed by atoms with Gasteiger partial charge < -0.3 is 0 Å². The normalized spacial score (nSPS) is 12.4. The lowest BCUT2D eigenvalue weighted by atomic mass is 10.0. The molecule has 0 fully saturated rings. The molecule has 3 nitrogen and oxygen atoms in total. The minimum atomic E-state index is -0.299. The summed E-state index contributed by atoms with van der Waals surface area (Å²) in [5, 5.41) is 0.529. The number of hydrogen-bond acceptors (Lipinski definition) is 3. The lowest BCUT2D eigenvalue weighted by Gasteiger charge is -2.16. The fourth-order valence-corrected chi connectivity index (χ4v) is 2.62. The molecule has 1 heterocycles. The average molecular weight is 345 g/mol. The van der Waals surface area contributed by atoms with Gasteiger partial charge in [-0.2, -0.15) is 0 Å². The molecule has 0 saturated heterocycles. The Hall–Kier alpha value is -1.01. The van der Waals surface area contributed by atoms with Gasteiger partial charge in [0.15, 0.2) is 0 Å². The minimum Gasteiger partial charge on any atom is -0.271 e. The number of pyridine rings is 1. The molecule has 3 N–H and O–H groups in total. The van der Waals surface area contributed by atoms with Crippen LogP contribution in [0.3, 0.4) is 0 Å². The summed E-state index contributed by atoms with van der Waals surface area (Å²) in [5.74, 6) is 5.24. The number of nitrogens with two attached hydrogens (primary N) is 1. The molecule has 6 heteroatoms. The van der Waals surface area contributed by atoms with E-state index in [0.29, 0.717) is 21.6 Å². The van der Waals surface area contributed by atoms with E-state index in [1.165, 1.54) is 12.1 Å². The number of hydrazine groups is 1. The van der Waals surface area contributed by atoms with Crippen LogP contribution in [0.15, 0.2) is 41.0 Å². The second-order valence-electron chi connectivity index (χ2n) is 4.07. The summed E-state index contributed by atoms with van der Waals surface area (Å²) in [4.78, 5) is 4.21. The summed E-state index contributed by atoms with van der Waals surface area (Å²) in [6, 6.07) is 7.93. The van der Waals surface area contributed by atoms with Gasteiger partial charge in [0, 0.05) is 10.7 Å². The molecule has 1 unspecified atom stereocenters. The van der Waals surface area contributed by atoms with Crippen LogP contribution in [0.2, 0.25) is 5.02 Å². The molecule has 0 saturated carbocycles. The maximum absolute atomic E-state index is 13.3. The van der Waals surface area contributed by atoms with Crippen molar-refractivity contribution in [2.45, 2.75) is 12.5 Å². The summed E-state index contributed by atoms with van der Waals surface area (Å²) >= 11 is 9.35. The lowest BCUT2D eigenvalue weighted by Crippen LogP contribution is -2.30. The Bertz CT molecular complexity index is 559. The largest absolute Gasteiger partial charge is 0.271 e. The number of aromatic nitrogens is 1. The standard InChI is InChI=1S/C13H12BrClFN3/c14-9-4-8(5-10(16)7-9)6-12(19-17)13-11(15)2-1-3-18-13/h1-5,7,12,19H,6,17H2. The Kier molecular flexibility index (Phi) is 4.87. The fourth-order valence-electron chi connectivity index (χ4n) is 1.85. The van der Waals surface area contributed by atoms with Gasteiger partial charge in [0.25, 0.3) is 0 Å². The van der Waals surface area contributed by atoms with E-state index in [1.807, 2.05) is 6.07 Å². The zero-order valence-electron chi connectivity index (χ0n) is 9.91. The molecule has 0 aliphatic carbocycles. The number of nitrogens with zero attached hydrogens (tertiary/aromatic N) is 1. The highest BCUT2D eigenvalue weighted by Gasteiger charge is 2.15. The van der Waals surface area contributed by atoms with Crippen LogP contribution in [0.25, 0.3) is 0 Å². The van der Waals surface area contributed by atoms with Gasteiger partial charge in [-0.25, -0.2) is 4.39 Å². The van der Waals surface area contributed by atoms with Crippen molar-refractivity contribution in [3.8, 4) is 0 Å². The van der Waals surface area contributed by atoms with E-state index in [9.17, 15) is 4.39 Å². The number of benzene rings is 1. The molecule has 19 heavy (non-hydrogen) atoms. The van der Waals surface area contributed by atoms with Gasteiger partial charge in [-0.3, -0.25) is 16.3 Å². The first-order valence-electron chi connectivity index (χ1n) is 5.61. The van der Waals surface area contributed by atoms with Crippen LogP contribution in [0.4, 0.5) is 4.39 Å². The Morgan fingerprint density at radius 1 is 1.42 bits per heavy atom. The molecule has 1 aromatic carbocycles. The van der Waals surface area contributed by atoms with Gasteiger partial charge in [-0.05, 0) is 42.3 Å². The minimum absolute atomic E-state index is 0.276. The summed E-state index contributed by atoms with van der Waals surface area (Å²) in [6.45, 7) is 0. The van der Waals surface area contributed by atoms with Crippen LogP contribution in [0, 0.1) is 5.82 Å². The van der Waals surface area contributed by atoms with Gasteiger partial charge >= 0.3 is 0 Å². The molecule has 0 amide bonds. The third kappa shape index (κ3) is 3.73. The van der Waals surface area contributed by atoms with Crippen LogP contribution < -0.4 is 11.3 Å². The Morgan fingerprint density at radius 3 is 2.84 bits per heavy atom. The van der Waals surface area contributed by atoms with Crippen LogP contribution >= 0.6 is 27.5 Å². The predicted octanol–water partition coefficient (Wildman–Crippen LogP) is 3.38. The van der Waals surface area contributed by atoms with Crippen LogP contribution in [-0.2, 0) is 6.42 Å². The molecule has 0 bridgehead atoms. The van der Waals surface area contributed by atoms with Crippen molar-refractivity contribution >= 4 is 27.5 Å². The van der Waals surface area contributed by atoms with Gasteiger partial charge in [0.2, 0.25) is 0 Å². The van der Waals surface area contributed by atoms with E-state index in [1.54, 1.807) is 18.3 Å². The summed E-state index contributed by atoms with van der Waals surface area (Å²) < 4.78 is 14.0. The van der Waals surface area contributed by atoms with Gasteiger partial charge in [-0.15, -0.1) is 0 Å². The number of halogens is 3. The molecule has 2 rings (SSSR count). The maximum Gasteiger partial charge on any atom is 0.124 e. The molecule has 100 valence electrons. The third-order valence-corrected chi connectivity index (χ3v) is 3.46. The molecule has 0 aliphatic rings. The van der Waals surface area contributed by atoms with Crippen molar-refractivity contribution in [3.05, 3.63) is 63.1 Å². The number of nitrogens with one attached hydrogen (secondary N) is 1. The number of hydrogen-bond donors (Lipinski definition) is 2. The molecule has 2 aromatic rings. The molecule has 0 radical (unpaired) electrons. The zero-order chi connectivity index (χ0) is 13.8. The van der Waals surface area contributed by atoms with Crippen LogP contribution in [0.5, 0.6) is 0 Å². The van der Waals surface area contributed by atoms with E-state index in [-0.39, 0.29) is 11.9 Å². The average Bonchev–Trinajstić information content (AvgIpc) is 2.36. The van der Waals surface area contributed by atoms with Crippen LogP contribution in [0.1, 0.15) is 17.3 Å². The quantitative estimate of drug-likeness (QED) is 0.660. The first-order chi connectivity index (χ1) is 9.10. The van der Waals surface area contributed by atoms with Crippen molar-refractivity contribution in [3.63, 3.8) is 0 Å². The first-order valence-corrected chi connectivity index (χ1v) is 6.78. The Balaban J connectivity index is 2.26. The van der Waals surface area contributed by atoms with E-state index in [0.717, 1.165) is 5.56 Å². The monoisotopic (exact) mass is 343 g/mol. The van der Waals surface area contributed by atoms with Crippen molar-refractivity contribution in [2.75, 3.05) is 0 Å². The highest BCUT2D eigenvalue weighted by atomic mass is 79.9. The first kappa shape index (κ1) is 14.4. The van der Waals surface area contributed by atoms with Gasteiger partial charge in [-0.1, -0.05) is 27.5 Å². The number of rotatable bonds is 4. The Labute approximate surface area is 124 Å². The smallest absolute Gasteiger partial charge is 0.124 e. The van der Waals surface area contributed by atoms with Crippen molar-refractivity contribution < 1.29 is 4.39 Å². The Morgan fingerprint density at radius 2 is 2.21 bits per heavy atom. The fraction of sp³-hybridized carbons (Fsp3) is 0.154. The molecule has 1 atom stereocenters. The summed E-state index contributed by atoms with van der Waals surface area (Å²) in [7, 11) is 0. The predicted molar refractivity (Wildman–Crippen MR) is 77.1 cm³/mol. The van der Waals surface area contributed by atoms with Crippen molar-refractivity contribution in [2.24, 2.45) is 5.84 Å². The van der Waals surface area contributed by atoms with E-state index >= 15 is 0 Å². The maximum atomic E-state index is 13.3. The van der Waals surface area contributed by atoms with Gasteiger partial charge in [0.1, 0.15) is 5.82 Å². The highest BCUT2D eigenvalue weighted by molar-refractivity contribution is 9.10. The second-order valence-corrected chi connectivity index (χ2v) is 5.39. The van der Waals surface area contributed by atoms with Crippen molar-refractivity contribution in [1.82, 2.24) is 10.4 Å². The van der Waals surface area contributed by atoms with E-state index < -0.39 is 0 Å². The van der Waals surface area contributed by atoms with E-state index in [4.69, 9.17) is 17.4 Å².